The zero-order chi connectivity index (χ0) is 15.6. The highest BCUT2D eigenvalue weighted by Crippen LogP contribution is 2.18. The second-order valence-electron chi connectivity index (χ2n) is 6.02. The number of hydrogen-bond donors (Lipinski definition) is 1. The van der Waals surface area contributed by atoms with Crippen LogP contribution in [0.1, 0.15) is 38.7 Å². The van der Waals surface area contributed by atoms with Crippen molar-refractivity contribution in [2.24, 2.45) is 0 Å². The maximum atomic E-state index is 5.77. The molecule has 1 aromatic rings. The average Bonchev–Trinajstić information content (AvgIpc) is 2.96. The Kier molecular flexibility index (Phi) is 7.64. The summed E-state index contributed by atoms with van der Waals surface area (Å²) < 4.78 is 5.77. The van der Waals surface area contributed by atoms with E-state index in [1.807, 2.05) is 0 Å². The van der Waals surface area contributed by atoms with Gasteiger partial charge in [-0.15, -0.1) is 0 Å². The molecule has 1 saturated heterocycles. The molecule has 0 aliphatic carbocycles. The van der Waals surface area contributed by atoms with Crippen molar-refractivity contribution >= 4 is 6.08 Å². The molecule has 122 valence electrons. The highest BCUT2D eigenvalue weighted by Gasteiger charge is 2.23. The van der Waals surface area contributed by atoms with Gasteiger partial charge in [-0.3, -0.25) is 4.90 Å². The number of rotatable bonds is 9. The number of hydrogen-bond acceptors (Lipinski definition) is 3. The van der Waals surface area contributed by atoms with Crippen LogP contribution in [0.4, 0.5) is 0 Å². The number of nitrogens with one attached hydrogen (secondary N) is 1. The normalized spacial score (nSPS) is 19.7. The molecule has 1 atom stereocenters. The van der Waals surface area contributed by atoms with Crippen LogP contribution in [-0.2, 0) is 4.74 Å². The highest BCUT2D eigenvalue weighted by atomic mass is 16.5. The Balaban J connectivity index is 1.60. The molecule has 0 radical (unpaired) electrons. The van der Waals surface area contributed by atoms with Gasteiger partial charge in [-0.25, -0.2) is 0 Å². The summed E-state index contributed by atoms with van der Waals surface area (Å²) in [7, 11) is 0. The maximum Gasteiger partial charge on any atom is 0.110 e. The van der Waals surface area contributed by atoms with Crippen LogP contribution in [0.3, 0.4) is 0 Å². The van der Waals surface area contributed by atoms with Gasteiger partial charge in [-0.1, -0.05) is 42.0 Å². The second-order valence-corrected chi connectivity index (χ2v) is 6.02. The third-order valence-electron chi connectivity index (χ3n) is 4.08. The third kappa shape index (κ3) is 5.91. The minimum absolute atomic E-state index is 0.365. The number of benzene rings is 1. The molecular formula is C19H30N2O. The predicted molar refractivity (Wildman–Crippen MR) is 93.8 cm³/mol. The van der Waals surface area contributed by atoms with Gasteiger partial charge in [0.25, 0.3) is 0 Å². The zero-order valence-electron chi connectivity index (χ0n) is 14.1. The van der Waals surface area contributed by atoms with Crippen LogP contribution in [0, 0.1) is 0 Å². The number of ether oxygens (including phenoxy) is 1. The van der Waals surface area contributed by atoms with Crippen molar-refractivity contribution in [2.45, 2.75) is 39.3 Å². The van der Waals surface area contributed by atoms with Crippen molar-refractivity contribution in [3.63, 3.8) is 0 Å². The Hall–Kier alpha value is -1.16. The fourth-order valence-corrected chi connectivity index (χ4v) is 3.01. The van der Waals surface area contributed by atoms with Gasteiger partial charge in [-0.2, -0.15) is 0 Å². The van der Waals surface area contributed by atoms with E-state index in [-0.39, 0.29) is 0 Å². The molecule has 2 rings (SSSR count). The lowest BCUT2D eigenvalue weighted by molar-refractivity contribution is -0.0294. The molecule has 0 saturated carbocycles. The van der Waals surface area contributed by atoms with E-state index >= 15 is 0 Å². The predicted octanol–water partition coefficient (Wildman–Crippen LogP) is 3.53. The fourth-order valence-electron chi connectivity index (χ4n) is 3.01. The summed E-state index contributed by atoms with van der Waals surface area (Å²) in [5.74, 6) is 0. The summed E-state index contributed by atoms with van der Waals surface area (Å²) >= 11 is 0. The first kappa shape index (κ1) is 17.2. The molecule has 1 fully saturated rings. The van der Waals surface area contributed by atoms with E-state index in [1.165, 1.54) is 36.9 Å². The van der Waals surface area contributed by atoms with Crippen LogP contribution < -0.4 is 5.32 Å². The average molecular weight is 302 g/mol. The van der Waals surface area contributed by atoms with Crippen LogP contribution >= 0.6 is 0 Å². The summed E-state index contributed by atoms with van der Waals surface area (Å²) in [6.07, 6.45) is 6.27. The van der Waals surface area contributed by atoms with Crippen molar-refractivity contribution < 1.29 is 4.74 Å². The van der Waals surface area contributed by atoms with Gasteiger partial charge in [0.05, 0.1) is 0 Å². The van der Waals surface area contributed by atoms with Crippen molar-refractivity contribution in [1.82, 2.24) is 10.2 Å². The van der Waals surface area contributed by atoms with E-state index in [0.29, 0.717) is 6.23 Å². The summed E-state index contributed by atoms with van der Waals surface area (Å²) in [4.78, 5) is 2.48. The van der Waals surface area contributed by atoms with Gasteiger partial charge >= 0.3 is 0 Å². The Morgan fingerprint density at radius 2 is 2.18 bits per heavy atom. The first-order valence-corrected chi connectivity index (χ1v) is 8.58. The first-order chi connectivity index (χ1) is 10.8. The topological polar surface area (TPSA) is 24.5 Å². The van der Waals surface area contributed by atoms with E-state index in [4.69, 9.17) is 4.74 Å². The lowest BCUT2D eigenvalue weighted by atomic mass is 10.1. The summed E-state index contributed by atoms with van der Waals surface area (Å²) in [6, 6.07) is 10.5. The minimum Gasteiger partial charge on any atom is -0.363 e. The molecular weight excluding hydrogens is 272 g/mol. The summed E-state index contributed by atoms with van der Waals surface area (Å²) in [5, 5.41) is 3.54. The van der Waals surface area contributed by atoms with E-state index in [1.54, 1.807) is 0 Å². The van der Waals surface area contributed by atoms with Gasteiger partial charge in [0.2, 0.25) is 0 Å². The van der Waals surface area contributed by atoms with Crippen LogP contribution in [0.5, 0.6) is 0 Å². The molecule has 1 aliphatic rings. The number of likely N-dealkylation sites (tertiary alicyclic amines) is 1. The van der Waals surface area contributed by atoms with Crippen molar-refractivity contribution in [2.75, 3.05) is 32.8 Å². The Morgan fingerprint density at radius 1 is 1.36 bits per heavy atom. The Morgan fingerprint density at radius 3 is 2.95 bits per heavy atom. The largest absolute Gasteiger partial charge is 0.363 e. The molecule has 22 heavy (non-hydrogen) atoms. The number of nitrogens with zero attached hydrogens (tertiary/aromatic N) is 1. The first-order valence-electron chi connectivity index (χ1n) is 8.58. The van der Waals surface area contributed by atoms with Crippen LogP contribution in [0.25, 0.3) is 6.08 Å². The van der Waals surface area contributed by atoms with E-state index in [2.05, 4.69) is 60.5 Å². The lowest BCUT2D eigenvalue weighted by Gasteiger charge is -2.24. The fraction of sp³-hybridized carbons (Fsp3) is 0.579. The standard InChI is InChI=1S/C19H30N2O/c1-3-22-19-11-7-13-21(19)14-8-12-20-16-17(2)15-18-9-5-4-6-10-18/h4-6,9-10,15,19-20H,3,7-8,11-14,16H2,1-2H3/t19-/m0/s1. The SMILES string of the molecule is CCO[C@H]1CCCN1CCCNCC(C)=Cc1ccccc1. The van der Waals surface area contributed by atoms with E-state index in [9.17, 15) is 0 Å². The van der Waals surface area contributed by atoms with Gasteiger partial charge in [-0.05, 0) is 45.2 Å². The molecule has 0 bridgehead atoms. The van der Waals surface area contributed by atoms with Crippen LogP contribution in [0.2, 0.25) is 0 Å². The molecule has 1 heterocycles. The third-order valence-corrected chi connectivity index (χ3v) is 4.08. The lowest BCUT2D eigenvalue weighted by Crippen LogP contribution is -2.34. The quantitative estimate of drug-likeness (QED) is 0.706. The molecule has 3 nitrogen and oxygen atoms in total. The summed E-state index contributed by atoms with van der Waals surface area (Å²) in [6.45, 7) is 9.45. The Bertz CT molecular complexity index is 444. The highest BCUT2D eigenvalue weighted by molar-refractivity contribution is 5.52. The molecule has 0 amide bonds. The van der Waals surface area contributed by atoms with Crippen LogP contribution in [-0.4, -0.2) is 43.9 Å². The monoisotopic (exact) mass is 302 g/mol. The molecule has 1 aliphatic heterocycles. The molecule has 3 heteroatoms. The maximum absolute atomic E-state index is 5.77. The molecule has 0 aromatic heterocycles. The van der Waals surface area contributed by atoms with Gasteiger partial charge in [0.1, 0.15) is 6.23 Å². The van der Waals surface area contributed by atoms with Crippen molar-refractivity contribution in [1.29, 1.82) is 0 Å². The van der Waals surface area contributed by atoms with Crippen LogP contribution in [0.15, 0.2) is 35.9 Å². The Labute approximate surface area is 135 Å². The van der Waals surface area contributed by atoms with Gasteiger partial charge in [0.15, 0.2) is 0 Å². The second kappa shape index (κ2) is 9.78. The zero-order valence-corrected chi connectivity index (χ0v) is 14.1. The molecule has 0 spiro atoms. The molecule has 0 unspecified atom stereocenters. The molecule has 1 N–H and O–H groups in total. The van der Waals surface area contributed by atoms with E-state index in [0.717, 1.165) is 26.2 Å². The molecule has 1 aromatic carbocycles. The minimum atomic E-state index is 0.365. The van der Waals surface area contributed by atoms with Crippen molar-refractivity contribution in [3.8, 4) is 0 Å². The van der Waals surface area contributed by atoms with Gasteiger partial charge in [0, 0.05) is 26.2 Å². The van der Waals surface area contributed by atoms with E-state index < -0.39 is 0 Å². The van der Waals surface area contributed by atoms with Crippen molar-refractivity contribution in [3.05, 3.63) is 41.5 Å². The summed E-state index contributed by atoms with van der Waals surface area (Å²) in [5.41, 5.74) is 2.65. The van der Waals surface area contributed by atoms with Gasteiger partial charge < -0.3 is 10.1 Å². The smallest absolute Gasteiger partial charge is 0.110 e.